The molecule has 0 rings (SSSR count). The molecule has 0 unspecified atom stereocenters. The van der Waals surface area contributed by atoms with Crippen molar-refractivity contribution in [1.29, 1.82) is 0 Å². The number of hydrogen-bond donors (Lipinski definition) is 3. The van der Waals surface area contributed by atoms with Gasteiger partial charge in [-0.2, -0.15) is 0 Å². The number of nitrogens with zero attached hydrogens (tertiary/aromatic N) is 2. The summed E-state index contributed by atoms with van der Waals surface area (Å²) in [4.78, 5) is 39.1. The highest BCUT2D eigenvalue weighted by atomic mass is 16.4. The van der Waals surface area contributed by atoms with Crippen LogP contribution in [-0.2, 0) is 14.4 Å². The van der Waals surface area contributed by atoms with Crippen molar-refractivity contribution in [3.63, 3.8) is 0 Å². The molecule has 0 aromatic carbocycles. The molecular weight excluding hydrogens is 276 g/mol. The quantitative estimate of drug-likeness (QED) is 0.462. The van der Waals surface area contributed by atoms with Gasteiger partial charge in [-0.05, 0) is 19.3 Å². The highest BCUT2D eigenvalue weighted by molar-refractivity contribution is 6.00. The van der Waals surface area contributed by atoms with Crippen molar-refractivity contribution in [3.8, 4) is 0 Å². The maximum Gasteiger partial charge on any atom is 0.328 e. The van der Waals surface area contributed by atoms with Crippen LogP contribution in [0.15, 0.2) is 4.99 Å². The van der Waals surface area contributed by atoms with Gasteiger partial charge in [0, 0.05) is 14.0 Å². The number of amides is 2. The van der Waals surface area contributed by atoms with E-state index in [0.29, 0.717) is 6.42 Å². The molecule has 4 N–H and O–H groups in total. The number of carboxylic acid groups (broad SMARTS) is 1. The van der Waals surface area contributed by atoms with Crippen LogP contribution in [0.2, 0.25) is 0 Å². The van der Waals surface area contributed by atoms with E-state index in [1.54, 1.807) is 0 Å². The summed E-state index contributed by atoms with van der Waals surface area (Å²) in [5, 5.41) is 11.4. The first-order valence-corrected chi connectivity index (χ1v) is 6.66. The third kappa shape index (κ3) is 6.73. The first-order chi connectivity index (χ1) is 9.56. The summed E-state index contributed by atoms with van der Waals surface area (Å²) in [5.41, 5.74) is 5.55. The summed E-state index contributed by atoms with van der Waals surface area (Å²) < 4.78 is 0. The SMILES string of the molecule is CC(=O)N(C)[C@@H](C)C(=O)NC(N)=N[C@@H](CC(C)C)C(=O)O. The molecule has 0 heterocycles. The maximum absolute atomic E-state index is 11.9. The van der Waals surface area contributed by atoms with Gasteiger partial charge < -0.3 is 15.7 Å². The number of likely N-dealkylation sites (N-methyl/N-ethyl adjacent to an activating group) is 1. The molecule has 2 amide bonds. The fraction of sp³-hybridized carbons (Fsp3) is 0.692. The van der Waals surface area contributed by atoms with Gasteiger partial charge in [0.25, 0.3) is 0 Å². The summed E-state index contributed by atoms with van der Waals surface area (Å²) in [7, 11) is 1.48. The molecule has 21 heavy (non-hydrogen) atoms. The van der Waals surface area contributed by atoms with Crippen molar-refractivity contribution >= 4 is 23.7 Å². The molecule has 2 atom stereocenters. The van der Waals surface area contributed by atoms with Crippen LogP contribution in [0.4, 0.5) is 0 Å². The van der Waals surface area contributed by atoms with Gasteiger partial charge in [-0.3, -0.25) is 14.9 Å². The van der Waals surface area contributed by atoms with Crippen molar-refractivity contribution < 1.29 is 19.5 Å². The van der Waals surface area contributed by atoms with Crippen molar-refractivity contribution in [2.75, 3.05) is 7.05 Å². The second kappa shape index (κ2) is 8.23. The monoisotopic (exact) mass is 300 g/mol. The molecule has 0 aromatic rings. The highest BCUT2D eigenvalue weighted by Crippen LogP contribution is 2.08. The number of aliphatic imine (C=N–C) groups is 1. The van der Waals surface area contributed by atoms with E-state index >= 15 is 0 Å². The second-order valence-electron chi connectivity index (χ2n) is 5.29. The topological polar surface area (TPSA) is 125 Å². The molecule has 0 fully saturated rings. The smallest absolute Gasteiger partial charge is 0.328 e. The number of hydrogen-bond acceptors (Lipinski definition) is 4. The van der Waals surface area contributed by atoms with Crippen molar-refractivity contribution in [1.82, 2.24) is 10.2 Å². The Hall–Kier alpha value is -2.12. The van der Waals surface area contributed by atoms with E-state index < -0.39 is 24.0 Å². The minimum absolute atomic E-state index is 0.126. The van der Waals surface area contributed by atoms with Gasteiger partial charge >= 0.3 is 5.97 Å². The highest BCUT2D eigenvalue weighted by Gasteiger charge is 2.22. The zero-order valence-corrected chi connectivity index (χ0v) is 13.1. The Morgan fingerprint density at radius 2 is 1.81 bits per heavy atom. The third-order valence-electron chi connectivity index (χ3n) is 2.98. The summed E-state index contributed by atoms with van der Waals surface area (Å²) in [5.74, 6) is -2.04. The van der Waals surface area contributed by atoms with Crippen LogP contribution in [0, 0.1) is 5.92 Å². The normalized spacial score (nSPS) is 14.5. The van der Waals surface area contributed by atoms with E-state index in [4.69, 9.17) is 10.8 Å². The lowest BCUT2D eigenvalue weighted by atomic mass is 10.0. The summed E-state index contributed by atoms with van der Waals surface area (Å²) in [6, 6.07) is -1.74. The Bertz CT molecular complexity index is 434. The molecule has 0 saturated heterocycles. The molecule has 0 aromatic heterocycles. The lowest BCUT2D eigenvalue weighted by molar-refractivity contribution is -0.138. The minimum atomic E-state index is -1.10. The van der Waals surface area contributed by atoms with E-state index in [1.165, 1.54) is 25.8 Å². The van der Waals surface area contributed by atoms with Crippen molar-refractivity contribution in [3.05, 3.63) is 0 Å². The predicted molar refractivity (Wildman–Crippen MR) is 78.5 cm³/mol. The number of guanidine groups is 1. The molecule has 0 aliphatic rings. The first-order valence-electron chi connectivity index (χ1n) is 6.66. The van der Waals surface area contributed by atoms with Crippen LogP contribution in [0.1, 0.15) is 34.1 Å². The van der Waals surface area contributed by atoms with Crippen molar-refractivity contribution in [2.45, 2.75) is 46.2 Å². The van der Waals surface area contributed by atoms with E-state index in [1.807, 2.05) is 13.8 Å². The number of aliphatic carboxylic acids is 1. The minimum Gasteiger partial charge on any atom is -0.480 e. The molecule has 0 saturated carbocycles. The van der Waals surface area contributed by atoms with Crippen LogP contribution >= 0.6 is 0 Å². The van der Waals surface area contributed by atoms with Gasteiger partial charge in [-0.15, -0.1) is 0 Å². The van der Waals surface area contributed by atoms with Gasteiger partial charge in [0.2, 0.25) is 11.8 Å². The molecule has 0 radical (unpaired) electrons. The third-order valence-corrected chi connectivity index (χ3v) is 2.98. The Kier molecular flexibility index (Phi) is 7.40. The van der Waals surface area contributed by atoms with E-state index in [2.05, 4.69) is 10.3 Å². The first kappa shape index (κ1) is 18.9. The van der Waals surface area contributed by atoms with Crippen molar-refractivity contribution in [2.24, 2.45) is 16.6 Å². The Balaban J connectivity index is 4.81. The summed E-state index contributed by atoms with van der Waals surface area (Å²) in [6.45, 7) is 6.60. The molecule has 8 heteroatoms. The van der Waals surface area contributed by atoms with Gasteiger partial charge in [-0.1, -0.05) is 13.8 Å². The molecule has 0 bridgehead atoms. The fourth-order valence-corrected chi connectivity index (χ4v) is 1.53. The van der Waals surface area contributed by atoms with Crippen LogP contribution in [0.5, 0.6) is 0 Å². The Labute approximate surface area is 124 Å². The van der Waals surface area contributed by atoms with E-state index in [0.717, 1.165) is 0 Å². The molecular formula is C13H24N4O4. The lowest BCUT2D eigenvalue weighted by Crippen LogP contribution is -2.49. The van der Waals surface area contributed by atoms with Crippen LogP contribution in [0.3, 0.4) is 0 Å². The standard InChI is InChI=1S/C13H24N4O4/c1-7(2)6-10(12(20)21)15-13(14)16-11(19)8(3)17(5)9(4)18/h7-8,10H,6H2,1-5H3,(H,20,21)(H3,14,15,16,19)/t8-,10-/m0/s1. The molecule has 0 aliphatic carbocycles. The summed E-state index contributed by atoms with van der Waals surface area (Å²) in [6.07, 6.45) is 0.314. The van der Waals surface area contributed by atoms with E-state index in [-0.39, 0.29) is 17.8 Å². The number of carbonyl (C=O) groups is 3. The van der Waals surface area contributed by atoms with Gasteiger partial charge in [0.05, 0.1) is 0 Å². The van der Waals surface area contributed by atoms with Crippen LogP contribution in [-0.4, -0.2) is 52.9 Å². The lowest BCUT2D eigenvalue weighted by Gasteiger charge is -2.22. The molecule has 0 spiro atoms. The zero-order valence-electron chi connectivity index (χ0n) is 13.1. The van der Waals surface area contributed by atoms with E-state index in [9.17, 15) is 14.4 Å². The largest absolute Gasteiger partial charge is 0.480 e. The Morgan fingerprint density at radius 3 is 2.19 bits per heavy atom. The van der Waals surface area contributed by atoms with Gasteiger partial charge in [0.1, 0.15) is 6.04 Å². The maximum atomic E-state index is 11.9. The zero-order chi connectivity index (χ0) is 16.7. The molecule has 8 nitrogen and oxygen atoms in total. The average Bonchev–Trinajstić information content (AvgIpc) is 2.34. The molecule has 0 aliphatic heterocycles. The summed E-state index contributed by atoms with van der Waals surface area (Å²) >= 11 is 0. The number of nitrogens with two attached hydrogens (primary N) is 1. The number of carbonyl (C=O) groups excluding carboxylic acids is 2. The van der Waals surface area contributed by atoms with Crippen LogP contribution in [0.25, 0.3) is 0 Å². The fourth-order valence-electron chi connectivity index (χ4n) is 1.53. The second-order valence-corrected chi connectivity index (χ2v) is 5.29. The molecule has 120 valence electrons. The predicted octanol–water partition coefficient (Wildman–Crippen LogP) is -0.217. The number of carboxylic acids is 1. The number of rotatable bonds is 6. The van der Waals surface area contributed by atoms with Gasteiger partial charge in [-0.25, -0.2) is 9.79 Å². The Morgan fingerprint density at radius 1 is 1.29 bits per heavy atom. The average molecular weight is 300 g/mol. The van der Waals surface area contributed by atoms with Gasteiger partial charge in [0.15, 0.2) is 12.0 Å². The number of nitrogens with one attached hydrogen (secondary N) is 1. The van der Waals surface area contributed by atoms with Crippen LogP contribution < -0.4 is 11.1 Å².